The van der Waals surface area contributed by atoms with Crippen LogP contribution in [0.5, 0.6) is 0 Å². The lowest BCUT2D eigenvalue weighted by molar-refractivity contribution is -0.121. The van der Waals surface area contributed by atoms with Crippen LogP contribution in [0, 0.1) is 5.82 Å². The number of amides is 1. The second-order valence-corrected chi connectivity index (χ2v) is 7.71. The van der Waals surface area contributed by atoms with E-state index in [1.54, 1.807) is 12.1 Å². The quantitative estimate of drug-likeness (QED) is 0.810. The minimum absolute atomic E-state index is 0.0509. The van der Waals surface area contributed by atoms with Crippen molar-refractivity contribution < 1.29 is 9.18 Å². The molecule has 1 aliphatic carbocycles. The lowest BCUT2D eigenvalue weighted by Gasteiger charge is -2.38. The monoisotopic (exact) mass is 368 g/mol. The standard InChI is InChI=1S/C20H21FN4O2/c21-13-5-3-7-15-16(13)20(18(27)22-15)8-10-25(11-9-20)19-23-14-6-2-1-4-12(14)17(26)24-19/h3,5,7H,1-2,4,6,8-11H2,(H,22,27)(H,23,24,26). The number of halogens is 1. The molecule has 0 unspecified atom stereocenters. The summed E-state index contributed by atoms with van der Waals surface area (Å²) in [5.74, 6) is 0.108. The van der Waals surface area contributed by atoms with Crippen molar-refractivity contribution in [2.45, 2.75) is 43.9 Å². The molecule has 5 rings (SSSR count). The van der Waals surface area contributed by atoms with Gasteiger partial charge in [-0.25, -0.2) is 9.37 Å². The molecule has 1 aromatic heterocycles. The Bertz CT molecular complexity index is 992. The van der Waals surface area contributed by atoms with Crippen LogP contribution in [-0.2, 0) is 23.1 Å². The number of aromatic amines is 1. The minimum atomic E-state index is -0.828. The molecular weight excluding hydrogens is 347 g/mol. The van der Waals surface area contributed by atoms with Gasteiger partial charge in [0.1, 0.15) is 5.82 Å². The van der Waals surface area contributed by atoms with Gasteiger partial charge in [-0.3, -0.25) is 14.6 Å². The van der Waals surface area contributed by atoms with E-state index >= 15 is 0 Å². The number of hydrogen-bond donors (Lipinski definition) is 2. The van der Waals surface area contributed by atoms with Gasteiger partial charge in [-0.1, -0.05) is 6.07 Å². The molecule has 6 nitrogen and oxygen atoms in total. The number of nitrogens with zero attached hydrogens (tertiary/aromatic N) is 2. The number of nitrogens with one attached hydrogen (secondary N) is 2. The molecule has 3 heterocycles. The summed E-state index contributed by atoms with van der Waals surface area (Å²) in [6.45, 7) is 1.09. The van der Waals surface area contributed by atoms with Crippen LogP contribution in [0.15, 0.2) is 23.0 Å². The second kappa shape index (κ2) is 5.90. The molecule has 0 saturated carbocycles. The van der Waals surface area contributed by atoms with Crippen molar-refractivity contribution in [2.24, 2.45) is 0 Å². The fourth-order valence-corrected chi connectivity index (χ4v) is 4.79. The van der Waals surface area contributed by atoms with Crippen LogP contribution in [0.25, 0.3) is 0 Å². The third-order valence-electron chi connectivity index (χ3n) is 6.27. The van der Waals surface area contributed by atoms with E-state index in [1.807, 2.05) is 4.90 Å². The summed E-state index contributed by atoms with van der Waals surface area (Å²) < 4.78 is 14.5. The second-order valence-electron chi connectivity index (χ2n) is 7.71. The van der Waals surface area contributed by atoms with Gasteiger partial charge < -0.3 is 10.2 Å². The van der Waals surface area contributed by atoms with Crippen molar-refractivity contribution in [2.75, 3.05) is 23.3 Å². The molecule has 1 amide bonds. The summed E-state index contributed by atoms with van der Waals surface area (Å²) in [6.07, 6.45) is 4.70. The highest BCUT2D eigenvalue weighted by molar-refractivity contribution is 6.06. The van der Waals surface area contributed by atoms with Gasteiger partial charge in [0.2, 0.25) is 11.9 Å². The summed E-state index contributed by atoms with van der Waals surface area (Å²) in [5, 5.41) is 2.83. The highest BCUT2D eigenvalue weighted by Crippen LogP contribution is 2.46. The summed E-state index contributed by atoms with van der Waals surface area (Å²) in [7, 11) is 0. The molecule has 2 aliphatic heterocycles. The van der Waals surface area contributed by atoms with E-state index in [2.05, 4.69) is 15.3 Å². The van der Waals surface area contributed by atoms with E-state index in [4.69, 9.17) is 0 Å². The first kappa shape index (κ1) is 16.5. The molecule has 1 aromatic carbocycles. The minimum Gasteiger partial charge on any atom is -0.342 e. The summed E-state index contributed by atoms with van der Waals surface area (Å²) in [6, 6.07) is 4.78. The topological polar surface area (TPSA) is 78.1 Å². The number of rotatable bonds is 1. The first-order chi connectivity index (χ1) is 13.1. The molecule has 1 spiro atoms. The van der Waals surface area contributed by atoms with Gasteiger partial charge in [-0.2, -0.15) is 0 Å². The smallest absolute Gasteiger partial charge is 0.255 e. The van der Waals surface area contributed by atoms with Crippen molar-refractivity contribution >= 4 is 17.5 Å². The van der Waals surface area contributed by atoms with E-state index in [0.717, 1.165) is 36.9 Å². The molecule has 3 aliphatic rings. The predicted octanol–water partition coefficient (Wildman–Crippen LogP) is 2.28. The van der Waals surface area contributed by atoms with Crippen LogP contribution >= 0.6 is 0 Å². The van der Waals surface area contributed by atoms with Gasteiger partial charge in [0, 0.05) is 29.9 Å². The molecular formula is C20H21FN4O2. The zero-order valence-corrected chi connectivity index (χ0v) is 15.0. The number of fused-ring (bicyclic) bond motifs is 3. The van der Waals surface area contributed by atoms with Crippen LogP contribution in [0.4, 0.5) is 16.0 Å². The number of benzene rings is 1. The largest absolute Gasteiger partial charge is 0.342 e. The number of carbonyl (C=O) groups is 1. The van der Waals surface area contributed by atoms with Crippen LogP contribution in [-0.4, -0.2) is 29.0 Å². The van der Waals surface area contributed by atoms with E-state index in [1.165, 1.54) is 6.07 Å². The van der Waals surface area contributed by atoms with Crippen LogP contribution in [0.1, 0.15) is 42.5 Å². The van der Waals surface area contributed by atoms with Gasteiger partial charge >= 0.3 is 0 Å². The maximum atomic E-state index is 14.5. The van der Waals surface area contributed by atoms with Gasteiger partial charge in [0.25, 0.3) is 5.56 Å². The lowest BCUT2D eigenvalue weighted by Crippen LogP contribution is -2.47. The van der Waals surface area contributed by atoms with Gasteiger partial charge in [0.05, 0.1) is 11.1 Å². The average Bonchev–Trinajstić information content (AvgIpc) is 2.95. The van der Waals surface area contributed by atoms with Crippen molar-refractivity contribution in [3.63, 3.8) is 0 Å². The van der Waals surface area contributed by atoms with E-state index in [-0.39, 0.29) is 17.3 Å². The Morgan fingerprint density at radius 3 is 2.70 bits per heavy atom. The number of H-pyrrole nitrogens is 1. The molecule has 2 aromatic rings. The molecule has 2 N–H and O–H groups in total. The lowest BCUT2D eigenvalue weighted by atomic mass is 9.73. The summed E-state index contributed by atoms with van der Waals surface area (Å²) in [4.78, 5) is 34.7. The van der Waals surface area contributed by atoms with Crippen LogP contribution in [0.3, 0.4) is 0 Å². The SMILES string of the molecule is O=C1Nc2cccc(F)c2C12CCN(c1nc3c(c(=O)[nH]1)CCCC3)CC2. The number of hydrogen-bond acceptors (Lipinski definition) is 4. The first-order valence-electron chi connectivity index (χ1n) is 9.56. The first-order valence-corrected chi connectivity index (χ1v) is 9.56. The Morgan fingerprint density at radius 1 is 1.11 bits per heavy atom. The Balaban J connectivity index is 1.44. The Hall–Kier alpha value is -2.70. The molecule has 0 atom stereocenters. The van der Waals surface area contributed by atoms with Crippen molar-refractivity contribution in [3.8, 4) is 0 Å². The molecule has 7 heteroatoms. The molecule has 27 heavy (non-hydrogen) atoms. The molecule has 140 valence electrons. The maximum Gasteiger partial charge on any atom is 0.255 e. The summed E-state index contributed by atoms with van der Waals surface area (Å²) in [5.41, 5.74) is 1.89. The fourth-order valence-electron chi connectivity index (χ4n) is 4.79. The zero-order chi connectivity index (χ0) is 18.6. The molecule has 1 fully saturated rings. The van der Waals surface area contributed by atoms with Gasteiger partial charge in [-0.05, 0) is 50.7 Å². The number of piperidine rings is 1. The predicted molar refractivity (Wildman–Crippen MR) is 99.7 cm³/mol. The number of aromatic nitrogens is 2. The number of carbonyl (C=O) groups excluding carboxylic acids is 1. The van der Waals surface area contributed by atoms with Crippen LogP contribution < -0.4 is 15.8 Å². The van der Waals surface area contributed by atoms with E-state index in [9.17, 15) is 14.0 Å². The number of anilines is 2. The molecule has 1 saturated heterocycles. The van der Waals surface area contributed by atoms with Gasteiger partial charge in [0.15, 0.2) is 0 Å². The molecule has 0 radical (unpaired) electrons. The summed E-state index contributed by atoms with van der Waals surface area (Å²) >= 11 is 0. The molecule has 0 bridgehead atoms. The number of aryl methyl sites for hydroxylation is 1. The fraction of sp³-hybridized carbons (Fsp3) is 0.450. The van der Waals surface area contributed by atoms with Crippen LogP contribution in [0.2, 0.25) is 0 Å². The average molecular weight is 368 g/mol. The zero-order valence-electron chi connectivity index (χ0n) is 15.0. The Morgan fingerprint density at radius 2 is 1.89 bits per heavy atom. The van der Waals surface area contributed by atoms with E-state index < -0.39 is 5.41 Å². The third kappa shape index (κ3) is 2.40. The third-order valence-corrected chi connectivity index (χ3v) is 6.27. The van der Waals surface area contributed by atoms with Crippen molar-refractivity contribution in [3.05, 3.63) is 51.2 Å². The maximum absolute atomic E-state index is 14.5. The Labute approximate surface area is 155 Å². The Kier molecular flexibility index (Phi) is 3.60. The van der Waals surface area contributed by atoms with Gasteiger partial charge in [-0.15, -0.1) is 0 Å². The normalized spacial score (nSPS) is 20.3. The highest BCUT2D eigenvalue weighted by atomic mass is 19.1. The van der Waals surface area contributed by atoms with Crippen molar-refractivity contribution in [1.29, 1.82) is 0 Å². The highest BCUT2D eigenvalue weighted by Gasteiger charge is 2.50. The van der Waals surface area contributed by atoms with Crippen molar-refractivity contribution in [1.82, 2.24) is 9.97 Å². The van der Waals surface area contributed by atoms with E-state index in [0.29, 0.717) is 43.1 Å².